The quantitative estimate of drug-likeness (QED) is 0.483. The summed E-state index contributed by atoms with van der Waals surface area (Å²) in [7, 11) is 2.21. The number of likely N-dealkylation sites (N-methyl/N-ethyl adjacent to an activating group) is 1. The van der Waals surface area contributed by atoms with Crippen molar-refractivity contribution >= 4 is 34.2 Å². The Morgan fingerprint density at radius 2 is 1.90 bits per heavy atom. The van der Waals surface area contributed by atoms with Crippen LogP contribution in [0.1, 0.15) is 24.8 Å². The van der Waals surface area contributed by atoms with Gasteiger partial charge in [0.25, 0.3) is 0 Å². The molecule has 0 amide bonds. The molecule has 1 aromatic heterocycles. The first-order valence-electron chi connectivity index (χ1n) is 11.0. The molecule has 3 aromatic rings. The van der Waals surface area contributed by atoms with Gasteiger partial charge >= 0.3 is 0 Å². The predicted molar refractivity (Wildman–Crippen MR) is 130 cm³/mol. The van der Waals surface area contributed by atoms with Crippen LogP contribution in [-0.4, -0.2) is 66.1 Å². The molecule has 1 aliphatic rings. The number of halogens is 2. The van der Waals surface area contributed by atoms with Gasteiger partial charge in [0.1, 0.15) is 11.6 Å². The van der Waals surface area contributed by atoms with Crippen LogP contribution in [0.15, 0.2) is 30.3 Å². The van der Waals surface area contributed by atoms with E-state index in [2.05, 4.69) is 21.8 Å². The number of aryl methyl sites for hydroxylation is 1. The Kier molecular flexibility index (Phi) is 7.39. The van der Waals surface area contributed by atoms with E-state index in [1.807, 2.05) is 37.3 Å². The number of hydrogen-bond acceptors (Lipinski definition) is 4. The molecule has 4 rings (SSSR count). The van der Waals surface area contributed by atoms with E-state index in [0.717, 1.165) is 59.8 Å². The van der Waals surface area contributed by atoms with E-state index in [0.29, 0.717) is 16.7 Å². The van der Waals surface area contributed by atoms with E-state index >= 15 is 0 Å². The molecule has 2 aromatic carbocycles. The SMILES string of the molecule is Cc1cc(Cl)cc2[nH]c(-c3ccc(OCCCN4CCCCN(C)CC4)cc3Cl)nc12. The number of aromatic amines is 1. The van der Waals surface area contributed by atoms with Gasteiger partial charge in [-0.2, -0.15) is 0 Å². The lowest BCUT2D eigenvalue weighted by molar-refractivity contribution is 0.182. The van der Waals surface area contributed by atoms with E-state index in [1.54, 1.807) is 0 Å². The monoisotopic (exact) mass is 460 g/mol. The molecule has 31 heavy (non-hydrogen) atoms. The number of H-pyrrole nitrogens is 1. The summed E-state index contributed by atoms with van der Waals surface area (Å²) in [6.45, 7) is 8.45. The minimum absolute atomic E-state index is 0.618. The largest absolute Gasteiger partial charge is 0.493 e. The molecule has 1 saturated heterocycles. The minimum atomic E-state index is 0.618. The van der Waals surface area contributed by atoms with Crippen molar-refractivity contribution in [2.24, 2.45) is 0 Å². The fourth-order valence-electron chi connectivity index (χ4n) is 4.11. The molecule has 166 valence electrons. The molecular weight excluding hydrogens is 431 g/mol. The maximum Gasteiger partial charge on any atom is 0.140 e. The Hall–Kier alpha value is -1.79. The molecule has 0 radical (unpaired) electrons. The molecule has 0 bridgehead atoms. The summed E-state index contributed by atoms with van der Waals surface area (Å²) in [6, 6.07) is 9.59. The Morgan fingerprint density at radius 3 is 2.74 bits per heavy atom. The number of aromatic nitrogens is 2. The molecule has 0 atom stereocenters. The molecule has 5 nitrogen and oxygen atoms in total. The zero-order valence-electron chi connectivity index (χ0n) is 18.3. The van der Waals surface area contributed by atoms with Crippen LogP contribution in [-0.2, 0) is 0 Å². The molecular formula is C24H30Cl2N4O. The Morgan fingerprint density at radius 1 is 1.06 bits per heavy atom. The Bertz CT molecular complexity index is 1040. The van der Waals surface area contributed by atoms with Crippen LogP contribution in [0, 0.1) is 6.92 Å². The predicted octanol–water partition coefficient (Wildman–Crippen LogP) is 5.64. The summed E-state index contributed by atoms with van der Waals surface area (Å²) in [5.41, 5.74) is 3.70. The molecule has 0 spiro atoms. The molecule has 0 saturated carbocycles. The van der Waals surface area contributed by atoms with E-state index < -0.39 is 0 Å². The third-order valence-electron chi connectivity index (χ3n) is 5.89. The average molecular weight is 461 g/mol. The number of benzene rings is 2. The summed E-state index contributed by atoms with van der Waals surface area (Å²) in [5, 5.41) is 1.31. The second-order valence-electron chi connectivity index (χ2n) is 8.40. The van der Waals surface area contributed by atoms with Gasteiger partial charge in [-0.15, -0.1) is 0 Å². The van der Waals surface area contributed by atoms with E-state index in [9.17, 15) is 0 Å². The summed E-state index contributed by atoms with van der Waals surface area (Å²) in [4.78, 5) is 13.0. The van der Waals surface area contributed by atoms with E-state index in [4.69, 9.17) is 32.9 Å². The first-order valence-corrected chi connectivity index (χ1v) is 11.7. The van der Waals surface area contributed by atoms with Crippen molar-refractivity contribution < 1.29 is 4.74 Å². The lowest BCUT2D eigenvalue weighted by Crippen LogP contribution is -2.37. The van der Waals surface area contributed by atoms with Crippen molar-refractivity contribution in [1.82, 2.24) is 19.8 Å². The fourth-order valence-corrected chi connectivity index (χ4v) is 4.64. The van der Waals surface area contributed by atoms with Gasteiger partial charge < -0.3 is 19.5 Å². The highest BCUT2D eigenvalue weighted by Gasteiger charge is 2.13. The minimum Gasteiger partial charge on any atom is -0.493 e. The zero-order valence-corrected chi connectivity index (χ0v) is 19.8. The van der Waals surface area contributed by atoms with Crippen molar-refractivity contribution in [2.45, 2.75) is 26.2 Å². The van der Waals surface area contributed by atoms with E-state index in [-0.39, 0.29) is 0 Å². The molecule has 1 N–H and O–H groups in total. The highest BCUT2D eigenvalue weighted by atomic mass is 35.5. The van der Waals surface area contributed by atoms with Crippen molar-refractivity contribution in [3.05, 3.63) is 45.9 Å². The molecule has 0 unspecified atom stereocenters. The van der Waals surface area contributed by atoms with Crippen LogP contribution in [0.2, 0.25) is 10.0 Å². The summed E-state index contributed by atoms with van der Waals surface area (Å²) in [6.07, 6.45) is 3.56. The van der Waals surface area contributed by atoms with Crippen LogP contribution in [0.3, 0.4) is 0 Å². The van der Waals surface area contributed by atoms with Crippen LogP contribution in [0.25, 0.3) is 22.4 Å². The number of hydrogen-bond donors (Lipinski definition) is 1. The van der Waals surface area contributed by atoms with Gasteiger partial charge in [-0.3, -0.25) is 0 Å². The number of nitrogens with zero attached hydrogens (tertiary/aromatic N) is 3. The van der Waals surface area contributed by atoms with Gasteiger partial charge in [-0.25, -0.2) is 4.98 Å². The van der Waals surface area contributed by atoms with Crippen LogP contribution in [0.5, 0.6) is 5.75 Å². The van der Waals surface area contributed by atoms with Crippen molar-refractivity contribution in [3.63, 3.8) is 0 Å². The summed E-state index contributed by atoms with van der Waals surface area (Å²) in [5.74, 6) is 1.52. The Labute approximate surface area is 194 Å². The van der Waals surface area contributed by atoms with Gasteiger partial charge in [-0.05, 0) is 82.2 Å². The lowest BCUT2D eigenvalue weighted by atomic mass is 10.2. The van der Waals surface area contributed by atoms with Gasteiger partial charge in [0.15, 0.2) is 0 Å². The summed E-state index contributed by atoms with van der Waals surface area (Å²) < 4.78 is 5.97. The highest BCUT2D eigenvalue weighted by molar-refractivity contribution is 6.33. The fraction of sp³-hybridized carbons (Fsp3) is 0.458. The van der Waals surface area contributed by atoms with Gasteiger partial charge in [-0.1, -0.05) is 23.2 Å². The van der Waals surface area contributed by atoms with Crippen LogP contribution in [0.4, 0.5) is 0 Å². The van der Waals surface area contributed by atoms with Crippen molar-refractivity contribution in [3.8, 4) is 17.1 Å². The smallest absolute Gasteiger partial charge is 0.140 e. The number of ether oxygens (including phenoxy) is 1. The maximum absolute atomic E-state index is 6.57. The number of imidazole rings is 1. The van der Waals surface area contributed by atoms with E-state index in [1.165, 1.54) is 25.9 Å². The first kappa shape index (κ1) is 22.4. The molecule has 0 aliphatic carbocycles. The highest BCUT2D eigenvalue weighted by Crippen LogP contribution is 2.32. The van der Waals surface area contributed by atoms with Gasteiger partial charge in [0, 0.05) is 30.2 Å². The number of nitrogens with one attached hydrogen (secondary N) is 1. The summed E-state index contributed by atoms with van der Waals surface area (Å²) >= 11 is 12.7. The van der Waals surface area contributed by atoms with Gasteiger partial charge in [0.2, 0.25) is 0 Å². The second-order valence-corrected chi connectivity index (χ2v) is 9.24. The van der Waals surface area contributed by atoms with Crippen molar-refractivity contribution in [1.29, 1.82) is 0 Å². The second kappa shape index (κ2) is 10.2. The maximum atomic E-state index is 6.57. The normalized spacial score (nSPS) is 16.4. The number of rotatable bonds is 6. The lowest BCUT2D eigenvalue weighted by Gasteiger charge is -2.28. The standard InChI is InChI=1S/C24H30Cl2N4O/c1-17-14-18(25)15-22-23(17)28-24(27-22)20-7-6-19(16-21(20)26)31-13-5-10-30-9-4-3-8-29(2)11-12-30/h6-7,14-16H,3-5,8-13H2,1-2H3,(H,27,28). The molecule has 7 heteroatoms. The average Bonchev–Trinajstić information content (AvgIpc) is 3.14. The van der Waals surface area contributed by atoms with Crippen LogP contribution >= 0.6 is 23.2 Å². The van der Waals surface area contributed by atoms with Gasteiger partial charge in [0.05, 0.1) is 22.7 Å². The number of fused-ring (bicyclic) bond motifs is 1. The third-order valence-corrected chi connectivity index (χ3v) is 6.42. The van der Waals surface area contributed by atoms with Crippen LogP contribution < -0.4 is 4.74 Å². The third kappa shape index (κ3) is 5.72. The van der Waals surface area contributed by atoms with Crippen molar-refractivity contribution in [2.75, 3.05) is 46.4 Å². The molecule has 2 heterocycles. The first-order chi connectivity index (χ1) is 15.0. The molecule has 1 fully saturated rings. The Balaban J connectivity index is 1.34. The zero-order chi connectivity index (χ0) is 21.8. The molecule has 1 aliphatic heterocycles. The topological polar surface area (TPSA) is 44.4 Å².